The Hall–Kier alpha value is -3.26. The number of carbonyl (C=O) groups is 1. The van der Waals surface area contributed by atoms with Crippen LogP contribution >= 0.6 is 0 Å². The number of benzene rings is 2. The number of piperidine rings is 1. The number of anilines is 2. The highest BCUT2D eigenvalue weighted by Crippen LogP contribution is 2.34. The number of amides is 1. The summed E-state index contributed by atoms with van der Waals surface area (Å²) in [5.41, 5.74) is 3.10. The first-order valence-electron chi connectivity index (χ1n) is 16.0. The number of methoxy groups -OCH3 is 2. The van der Waals surface area contributed by atoms with E-state index in [1.54, 1.807) is 14.2 Å². The fourth-order valence-electron chi connectivity index (χ4n) is 6.13. The third kappa shape index (κ3) is 8.02. The highest BCUT2D eigenvalue weighted by atomic mass is 16.5. The van der Waals surface area contributed by atoms with Crippen molar-refractivity contribution in [3.63, 3.8) is 0 Å². The molecular formula is C35H53N5O3. The van der Waals surface area contributed by atoms with Gasteiger partial charge in [0.25, 0.3) is 0 Å². The number of likely N-dealkylation sites (tertiary alicyclic amines) is 1. The second-order valence-electron chi connectivity index (χ2n) is 13.4. The van der Waals surface area contributed by atoms with Gasteiger partial charge in [-0.1, -0.05) is 40.2 Å². The average Bonchev–Trinajstić information content (AvgIpc) is 3.32. The zero-order valence-electron chi connectivity index (χ0n) is 27.7. The third-order valence-electron chi connectivity index (χ3n) is 8.42. The molecule has 1 aliphatic heterocycles. The quantitative estimate of drug-likeness (QED) is 0.216. The molecule has 8 heteroatoms. The molecule has 0 spiro atoms. The van der Waals surface area contributed by atoms with Crippen molar-refractivity contribution in [2.75, 3.05) is 52.3 Å². The number of aryl methyl sites for hydroxylation is 1. The van der Waals surface area contributed by atoms with Crippen molar-refractivity contribution in [3.8, 4) is 11.5 Å². The second kappa shape index (κ2) is 14.5. The summed E-state index contributed by atoms with van der Waals surface area (Å²) in [6, 6.07) is 12.1. The van der Waals surface area contributed by atoms with Gasteiger partial charge in [-0.25, -0.2) is 4.98 Å². The Kier molecular flexibility index (Phi) is 11.0. The third-order valence-corrected chi connectivity index (χ3v) is 8.42. The Morgan fingerprint density at radius 1 is 0.953 bits per heavy atom. The lowest BCUT2D eigenvalue weighted by atomic mass is 9.82. The van der Waals surface area contributed by atoms with E-state index in [-0.39, 0.29) is 5.91 Å². The summed E-state index contributed by atoms with van der Waals surface area (Å²) in [7, 11) is 3.31. The van der Waals surface area contributed by atoms with E-state index in [4.69, 9.17) is 14.5 Å². The number of imidazole rings is 1. The SMILES string of the molecule is COc1ccc(Nc2nc3ccc(C(C)(C)C(=O)N(CC(C)C)CC(C)C)cc3n2CCCN2CCCCC2)c(OC)c1. The van der Waals surface area contributed by atoms with E-state index in [0.29, 0.717) is 17.6 Å². The molecular weight excluding hydrogens is 538 g/mol. The van der Waals surface area contributed by atoms with E-state index in [1.807, 2.05) is 18.2 Å². The van der Waals surface area contributed by atoms with Crippen LogP contribution in [0.2, 0.25) is 0 Å². The Morgan fingerprint density at radius 2 is 1.65 bits per heavy atom. The van der Waals surface area contributed by atoms with Crippen molar-refractivity contribution < 1.29 is 14.3 Å². The standard InChI is InChI=1S/C35H53N5O3/c1-25(2)23-39(24-26(3)4)33(41)35(5,6)27-13-15-29-31(21-27)40(20-12-19-38-17-10-9-11-18-38)34(36-29)37-30-16-14-28(42-7)22-32(30)43-8/h13-16,21-22,25-26H,9-12,17-20,23-24H2,1-8H3,(H,36,37). The van der Waals surface area contributed by atoms with E-state index in [2.05, 4.69) is 79.4 Å². The lowest BCUT2D eigenvalue weighted by molar-refractivity contribution is -0.137. The van der Waals surface area contributed by atoms with E-state index in [1.165, 1.54) is 32.4 Å². The van der Waals surface area contributed by atoms with Gasteiger partial charge in [0.05, 0.1) is 36.4 Å². The van der Waals surface area contributed by atoms with Crippen LogP contribution in [0.5, 0.6) is 11.5 Å². The van der Waals surface area contributed by atoms with Crippen molar-refractivity contribution >= 4 is 28.6 Å². The van der Waals surface area contributed by atoms with Gasteiger partial charge in [-0.2, -0.15) is 0 Å². The predicted molar refractivity (Wildman–Crippen MR) is 177 cm³/mol. The van der Waals surface area contributed by atoms with Crippen LogP contribution in [-0.2, 0) is 16.8 Å². The molecule has 43 heavy (non-hydrogen) atoms. The van der Waals surface area contributed by atoms with Crippen LogP contribution in [0.1, 0.15) is 72.8 Å². The average molecular weight is 592 g/mol. The zero-order valence-corrected chi connectivity index (χ0v) is 27.7. The van der Waals surface area contributed by atoms with Gasteiger partial charge in [0, 0.05) is 25.7 Å². The number of nitrogens with zero attached hydrogens (tertiary/aromatic N) is 4. The number of carbonyl (C=O) groups excluding carboxylic acids is 1. The maximum Gasteiger partial charge on any atom is 0.232 e. The zero-order chi connectivity index (χ0) is 31.1. The number of rotatable bonds is 14. The molecule has 8 nitrogen and oxygen atoms in total. The fourth-order valence-corrected chi connectivity index (χ4v) is 6.13. The predicted octanol–water partition coefficient (Wildman–Crippen LogP) is 7.09. The van der Waals surface area contributed by atoms with Crippen LogP contribution < -0.4 is 14.8 Å². The van der Waals surface area contributed by atoms with Gasteiger partial charge in [0.1, 0.15) is 11.5 Å². The molecule has 2 heterocycles. The molecule has 1 fully saturated rings. The van der Waals surface area contributed by atoms with Crippen LogP contribution in [0.15, 0.2) is 36.4 Å². The Morgan fingerprint density at radius 3 is 2.28 bits per heavy atom. The molecule has 0 aliphatic carbocycles. The Labute approximate surface area is 258 Å². The number of aromatic nitrogens is 2. The number of ether oxygens (including phenoxy) is 2. The molecule has 1 aromatic heterocycles. The Balaban J connectivity index is 1.70. The van der Waals surface area contributed by atoms with Crippen molar-refractivity contribution in [1.29, 1.82) is 0 Å². The summed E-state index contributed by atoms with van der Waals surface area (Å²) < 4.78 is 13.3. The Bertz CT molecular complexity index is 1350. The molecule has 0 bridgehead atoms. The van der Waals surface area contributed by atoms with Gasteiger partial charge in [-0.15, -0.1) is 0 Å². The summed E-state index contributed by atoms with van der Waals surface area (Å²) in [6.45, 7) is 18.6. The van der Waals surface area contributed by atoms with Gasteiger partial charge in [0.15, 0.2) is 0 Å². The fraction of sp³-hybridized carbons (Fsp3) is 0.600. The first-order chi connectivity index (χ1) is 20.5. The van der Waals surface area contributed by atoms with Crippen molar-refractivity contribution in [3.05, 3.63) is 42.0 Å². The van der Waals surface area contributed by atoms with Gasteiger partial charge in [-0.3, -0.25) is 4.79 Å². The summed E-state index contributed by atoms with van der Waals surface area (Å²) in [4.78, 5) is 23.7. The summed E-state index contributed by atoms with van der Waals surface area (Å²) in [5, 5.41) is 3.55. The normalized spacial score (nSPS) is 14.5. The number of fused-ring (bicyclic) bond motifs is 1. The minimum Gasteiger partial charge on any atom is -0.497 e. The molecule has 1 amide bonds. The van der Waals surface area contributed by atoms with Crippen LogP contribution in [0, 0.1) is 11.8 Å². The molecule has 0 atom stereocenters. The number of hydrogen-bond donors (Lipinski definition) is 1. The topological polar surface area (TPSA) is 71.9 Å². The maximum absolute atomic E-state index is 14.0. The second-order valence-corrected chi connectivity index (χ2v) is 13.4. The summed E-state index contributed by atoms with van der Waals surface area (Å²) >= 11 is 0. The first-order valence-corrected chi connectivity index (χ1v) is 16.0. The minimum absolute atomic E-state index is 0.173. The van der Waals surface area contributed by atoms with Crippen LogP contribution in [-0.4, -0.2) is 72.2 Å². The molecule has 1 N–H and O–H groups in total. The maximum atomic E-state index is 14.0. The monoisotopic (exact) mass is 591 g/mol. The van der Waals surface area contributed by atoms with E-state index in [0.717, 1.165) is 66.6 Å². The molecule has 2 aromatic carbocycles. The highest BCUT2D eigenvalue weighted by molar-refractivity contribution is 5.90. The van der Waals surface area contributed by atoms with Crippen molar-refractivity contribution in [2.24, 2.45) is 11.8 Å². The first kappa shape index (κ1) is 32.6. The van der Waals surface area contributed by atoms with Gasteiger partial charge in [-0.05, 0) is 94.4 Å². The highest BCUT2D eigenvalue weighted by Gasteiger charge is 2.35. The molecule has 3 aromatic rings. The van der Waals surface area contributed by atoms with Gasteiger partial charge in [0.2, 0.25) is 11.9 Å². The molecule has 0 unspecified atom stereocenters. The van der Waals surface area contributed by atoms with E-state index >= 15 is 0 Å². The van der Waals surface area contributed by atoms with Crippen molar-refractivity contribution in [1.82, 2.24) is 19.4 Å². The summed E-state index contributed by atoms with van der Waals surface area (Å²) in [5.74, 6) is 3.18. The van der Waals surface area contributed by atoms with Crippen molar-refractivity contribution in [2.45, 2.75) is 79.2 Å². The molecule has 1 aliphatic rings. The minimum atomic E-state index is -0.673. The van der Waals surface area contributed by atoms with Gasteiger partial charge >= 0.3 is 0 Å². The lowest BCUT2D eigenvalue weighted by Crippen LogP contribution is -2.46. The van der Waals surface area contributed by atoms with E-state index < -0.39 is 5.41 Å². The van der Waals surface area contributed by atoms with Gasteiger partial charge < -0.3 is 29.2 Å². The summed E-state index contributed by atoms with van der Waals surface area (Å²) in [6.07, 6.45) is 4.93. The molecule has 0 radical (unpaired) electrons. The largest absolute Gasteiger partial charge is 0.497 e. The number of nitrogens with one attached hydrogen (secondary N) is 1. The molecule has 0 saturated carbocycles. The smallest absolute Gasteiger partial charge is 0.232 e. The van der Waals surface area contributed by atoms with Crippen LogP contribution in [0.4, 0.5) is 11.6 Å². The van der Waals surface area contributed by atoms with Crippen LogP contribution in [0.25, 0.3) is 11.0 Å². The molecule has 4 rings (SSSR count). The molecule has 1 saturated heterocycles. The molecule has 236 valence electrons. The van der Waals surface area contributed by atoms with E-state index in [9.17, 15) is 4.79 Å². The number of hydrogen-bond acceptors (Lipinski definition) is 6. The lowest BCUT2D eigenvalue weighted by Gasteiger charge is -2.34. The van der Waals surface area contributed by atoms with Crippen LogP contribution in [0.3, 0.4) is 0 Å².